The number of aromatic nitrogens is 2. The lowest BCUT2D eigenvalue weighted by Gasteiger charge is -2.17. The van der Waals surface area contributed by atoms with E-state index >= 15 is 0 Å². The van der Waals surface area contributed by atoms with Gasteiger partial charge in [0.25, 0.3) is 0 Å². The fourth-order valence-electron chi connectivity index (χ4n) is 1.41. The number of benzene rings is 1. The first-order valence-electron chi connectivity index (χ1n) is 5.07. The van der Waals surface area contributed by atoms with E-state index in [-0.39, 0.29) is 5.82 Å². The molecule has 0 amide bonds. The van der Waals surface area contributed by atoms with E-state index in [1.165, 1.54) is 12.1 Å². The van der Waals surface area contributed by atoms with Gasteiger partial charge in [-0.25, -0.2) is 9.37 Å². The average molecular weight is 252 g/mol. The van der Waals surface area contributed by atoms with E-state index in [1.807, 2.05) is 0 Å². The maximum Gasteiger partial charge on any atom is 0.151 e. The van der Waals surface area contributed by atoms with Crippen LogP contribution in [-0.4, -0.2) is 17.0 Å². The summed E-state index contributed by atoms with van der Waals surface area (Å²) < 4.78 is 13.1. The van der Waals surface area contributed by atoms with Crippen LogP contribution in [0.5, 0.6) is 0 Å². The molecule has 0 atom stereocenters. The lowest BCUT2D eigenvalue weighted by molar-refractivity contribution is 0.628. The van der Waals surface area contributed by atoms with Crippen LogP contribution in [0.15, 0.2) is 36.7 Å². The van der Waals surface area contributed by atoms with Crippen LogP contribution < -0.4 is 4.90 Å². The first kappa shape index (κ1) is 11.8. The molecule has 3 nitrogen and oxygen atoms in total. The molecule has 0 aliphatic heterocycles. The molecule has 1 heterocycles. The normalized spacial score (nSPS) is 10.3. The monoisotopic (exact) mass is 251 g/mol. The van der Waals surface area contributed by atoms with Crippen molar-refractivity contribution < 1.29 is 4.39 Å². The summed E-state index contributed by atoms with van der Waals surface area (Å²) in [5.74, 6) is 0.695. The fraction of sp³-hybridized carbons (Fsp3) is 0.167. The Morgan fingerprint density at radius 3 is 2.71 bits per heavy atom. The zero-order chi connectivity index (χ0) is 12.3. The van der Waals surface area contributed by atoms with Crippen LogP contribution in [0.1, 0.15) is 5.69 Å². The summed E-state index contributed by atoms with van der Waals surface area (Å²) in [7, 11) is 1.80. The molecule has 0 unspecified atom stereocenters. The second kappa shape index (κ2) is 5.10. The molecule has 0 radical (unpaired) electrons. The summed E-state index contributed by atoms with van der Waals surface area (Å²) in [6, 6.07) is 6.30. The number of alkyl halides is 1. The second-order valence-corrected chi connectivity index (χ2v) is 3.81. The maximum atomic E-state index is 13.1. The Morgan fingerprint density at radius 1 is 1.29 bits per heavy atom. The van der Waals surface area contributed by atoms with E-state index in [2.05, 4.69) is 9.97 Å². The molecule has 17 heavy (non-hydrogen) atoms. The van der Waals surface area contributed by atoms with Crippen molar-refractivity contribution >= 4 is 23.1 Å². The van der Waals surface area contributed by atoms with Crippen LogP contribution >= 0.6 is 11.6 Å². The van der Waals surface area contributed by atoms with Crippen molar-refractivity contribution in [3.8, 4) is 0 Å². The predicted molar refractivity (Wildman–Crippen MR) is 66.1 cm³/mol. The first-order valence-corrected chi connectivity index (χ1v) is 5.60. The van der Waals surface area contributed by atoms with Gasteiger partial charge in [-0.15, -0.1) is 11.6 Å². The highest BCUT2D eigenvalue weighted by atomic mass is 35.5. The Morgan fingerprint density at radius 2 is 2.12 bits per heavy atom. The molecule has 0 aliphatic rings. The molecule has 0 fully saturated rings. The molecule has 0 aliphatic carbocycles. The van der Waals surface area contributed by atoms with Crippen molar-refractivity contribution in [2.24, 2.45) is 0 Å². The predicted octanol–water partition coefficient (Wildman–Crippen LogP) is 3.12. The molecule has 0 spiro atoms. The van der Waals surface area contributed by atoms with Crippen LogP contribution in [0.4, 0.5) is 15.9 Å². The molecule has 0 bridgehead atoms. The van der Waals surface area contributed by atoms with E-state index in [4.69, 9.17) is 11.6 Å². The van der Waals surface area contributed by atoms with E-state index in [0.29, 0.717) is 17.4 Å². The Bertz CT molecular complexity index is 501. The topological polar surface area (TPSA) is 29.0 Å². The van der Waals surface area contributed by atoms with Crippen molar-refractivity contribution in [3.63, 3.8) is 0 Å². The molecular formula is C12H11ClFN3. The first-order chi connectivity index (χ1) is 8.20. The highest BCUT2D eigenvalue weighted by Crippen LogP contribution is 2.21. The average Bonchev–Trinajstić information content (AvgIpc) is 2.38. The molecular weight excluding hydrogens is 241 g/mol. The van der Waals surface area contributed by atoms with Gasteiger partial charge in [0.05, 0.1) is 24.0 Å². The summed E-state index contributed by atoms with van der Waals surface area (Å²) >= 11 is 5.63. The second-order valence-electron chi connectivity index (χ2n) is 3.54. The SMILES string of the molecule is CN(c1cccc(F)c1)c1cnc(CCl)cn1. The zero-order valence-electron chi connectivity index (χ0n) is 9.27. The number of hydrogen-bond donors (Lipinski definition) is 0. The van der Waals surface area contributed by atoms with Crippen LogP contribution in [0.2, 0.25) is 0 Å². The van der Waals surface area contributed by atoms with Crippen LogP contribution in [0.3, 0.4) is 0 Å². The summed E-state index contributed by atoms with van der Waals surface area (Å²) in [6.07, 6.45) is 3.22. The van der Waals surface area contributed by atoms with Crippen LogP contribution in [-0.2, 0) is 5.88 Å². The maximum absolute atomic E-state index is 13.1. The number of hydrogen-bond acceptors (Lipinski definition) is 3. The minimum absolute atomic E-state index is 0.278. The molecule has 1 aromatic heterocycles. The fourth-order valence-corrected chi connectivity index (χ4v) is 1.55. The highest BCUT2D eigenvalue weighted by molar-refractivity contribution is 6.16. The quantitative estimate of drug-likeness (QED) is 0.785. The molecule has 2 aromatic rings. The third kappa shape index (κ3) is 2.71. The lowest BCUT2D eigenvalue weighted by atomic mass is 10.3. The highest BCUT2D eigenvalue weighted by Gasteiger charge is 2.06. The number of nitrogens with zero attached hydrogens (tertiary/aromatic N) is 3. The van der Waals surface area contributed by atoms with Crippen LogP contribution in [0, 0.1) is 5.82 Å². The van der Waals surface area contributed by atoms with Crippen molar-refractivity contribution in [2.45, 2.75) is 5.88 Å². The third-order valence-corrected chi connectivity index (χ3v) is 2.64. The lowest BCUT2D eigenvalue weighted by Crippen LogP contribution is -2.11. The van der Waals surface area contributed by atoms with E-state index < -0.39 is 0 Å². The van der Waals surface area contributed by atoms with E-state index in [9.17, 15) is 4.39 Å². The van der Waals surface area contributed by atoms with Gasteiger partial charge in [-0.1, -0.05) is 6.07 Å². The van der Waals surface area contributed by atoms with E-state index in [1.54, 1.807) is 36.5 Å². The van der Waals surface area contributed by atoms with Crippen molar-refractivity contribution in [1.29, 1.82) is 0 Å². The largest absolute Gasteiger partial charge is 0.328 e. The number of halogens is 2. The molecule has 1 aromatic carbocycles. The van der Waals surface area contributed by atoms with Gasteiger partial charge in [0, 0.05) is 12.7 Å². The molecule has 5 heteroatoms. The van der Waals surface area contributed by atoms with Gasteiger partial charge < -0.3 is 4.90 Å². The third-order valence-electron chi connectivity index (χ3n) is 2.37. The molecule has 0 saturated carbocycles. The Labute approximate surface area is 104 Å². The molecule has 2 rings (SSSR count). The van der Waals surface area contributed by atoms with Gasteiger partial charge in [-0.3, -0.25) is 4.98 Å². The van der Waals surface area contributed by atoms with Gasteiger partial charge in [0.1, 0.15) is 5.82 Å². The van der Waals surface area contributed by atoms with Gasteiger partial charge in [-0.2, -0.15) is 0 Å². The summed E-state index contributed by atoms with van der Waals surface area (Å²) in [4.78, 5) is 10.1. The standard InChI is InChI=1S/C12H11ClFN3/c1-17(11-4-2-3-9(14)5-11)12-8-15-10(6-13)7-16-12/h2-5,7-8H,6H2,1H3. The van der Waals surface area contributed by atoms with Crippen molar-refractivity contribution in [3.05, 3.63) is 48.2 Å². The minimum atomic E-state index is -0.278. The van der Waals surface area contributed by atoms with Gasteiger partial charge in [0.2, 0.25) is 0 Å². The van der Waals surface area contributed by atoms with Crippen molar-refractivity contribution in [2.75, 3.05) is 11.9 Å². The number of anilines is 2. The molecule has 0 N–H and O–H groups in total. The Kier molecular flexibility index (Phi) is 3.54. The van der Waals surface area contributed by atoms with Gasteiger partial charge in [-0.05, 0) is 18.2 Å². The number of rotatable bonds is 3. The zero-order valence-corrected chi connectivity index (χ0v) is 10.0. The summed E-state index contributed by atoms with van der Waals surface area (Å²) in [5, 5.41) is 0. The van der Waals surface area contributed by atoms with Crippen LogP contribution in [0.25, 0.3) is 0 Å². The summed E-state index contributed by atoms with van der Waals surface area (Å²) in [6.45, 7) is 0. The Hall–Kier alpha value is -1.68. The van der Waals surface area contributed by atoms with Gasteiger partial charge >= 0.3 is 0 Å². The molecule has 0 saturated heterocycles. The van der Waals surface area contributed by atoms with Gasteiger partial charge in [0.15, 0.2) is 5.82 Å². The van der Waals surface area contributed by atoms with E-state index in [0.717, 1.165) is 5.69 Å². The van der Waals surface area contributed by atoms with Crippen molar-refractivity contribution in [1.82, 2.24) is 9.97 Å². The Balaban J connectivity index is 2.27. The minimum Gasteiger partial charge on any atom is -0.328 e. The smallest absolute Gasteiger partial charge is 0.151 e. The molecule has 88 valence electrons. The summed E-state index contributed by atoms with van der Waals surface area (Å²) in [5.41, 5.74) is 1.43.